The Bertz CT molecular complexity index is 561. The van der Waals surface area contributed by atoms with Crippen molar-refractivity contribution in [1.82, 2.24) is 0 Å². The van der Waals surface area contributed by atoms with Crippen LogP contribution >= 0.6 is 0 Å². The lowest BCUT2D eigenvalue weighted by molar-refractivity contribution is 0.0994. The summed E-state index contributed by atoms with van der Waals surface area (Å²) >= 11 is 0. The number of aryl methyl sites for hydroxylation is 1. The molecule has 0 unspecified atom stereocenters. The van der Waals surface area contributed by atoms with Crippen molar-refractivity contribution in [3.63, 3.8) is 0 Å². The summed E-state index contributed by atoms with van der Waals surface area (Å²) in [5, 5.41) is 0. The van der Waals surface area contributed by atoms with Gasteiger partial charge in [0, 0.05) is 12.0 Å². The molecule has 18 heavy (non-hydrogen) atoms. The fourth-order valence-electron chi connectivity index (χ4n) is 4.48. The molecular formula is C17H22O. The number of benzene rings is 1. The highest BCUT2D eigenvalue weighted by Gasteiger charge is 2.45. The molecule has 0 amide bonds. The van der Waals surface area contributed by atoms with E-state index in [0.717, 1.165) is 12.0 Å². The molecule has 0 heterocycles. The van der Waals surface area contributed by atoms with Crippen LogP contribution in [0.15, 0.2) is 6.07 Å². The van der Waals surface area contributed by atoms with Gasteiger partial charge in [-0.25, -0.2) is 0 Å². The molecule has 0 radical (unpaired) electrons. The van der Waals surface area contributed by atoms with Crippen molar-refractivity contribution in [1.29, 1.82) is 0 Å². The normalized spacial score (nSPS) is 23.1. The first kappa shape index (κ1) is 12.0. The van der Waals surface area contributed by atoms with E-state index in [1.54, 1.807) is 0 Å². The maximum absolute atomic E-state index is 12.1. The molecule has 1 aromatic carbocycles. The summed E-state index contributed by atoms with van der Waals surface area (Å²) in [4.78, 5) is 12.1. The number of ketones is 1. The molecule has 3 rings (SSSR count). The average molecular weight is 242 g/mol. The lowest BCUT2D eigenvalue weighted by Gasteiger charge is -2.23. The first-order valence-corrected chi connectivity index (χ1v) is 6.95. The van der Waals surface area contributed by atoms with E-state index < -0.39 is 0 Å². The van der Waals surface area contributed by atoms with Crippen LogP contribution in [0.5, 0.6) is 0 Å². The predicted molar refractivity (Wildman–Crippen MR) is 74.5 cm³/mol. The maximum Gasteiger partial charge on any atom is 0.163 e. The topological polar surface area (TPSA) is 17.1 Å². The zero-order chi connectivity index (χ0) is 13.3. The average Bonchev–Trinajstić information content (AvgIpc) is 2.65. The molecule has 1 nitrogen and oxygen atoms in total. The summed E-state index contributed by atoms with van der Waals surface area (Å²) < 4.78 is 0. The molecule has 0 saturated carbocycles. The second kappa shape index (κ2) is 3.26. The summed E-state index contributed by atoms with van der Waals surface area (Å²) in [6, 6.07) is 2.28. The van der Waals surface area contributed by atoms with Gasteiger partial charge in [0.15, 0.2) is 5.78 Å². The lowest BCUT2D eigenvalue weighted by atomic mass is 9.81. The van der Waals surface area contributed by atoms with Gasteiger partial charge in [-0.05, 0) is 52.8 Å². The van der Waals surface area contributed by atoms with Crippen molar-refractivity contribution in [2.45, 2.75) is 64.7 Å². The summed E-state index contributed by atoms with van der Waals surface area (Å²) in [5.74, 6) is 0.353. The van der Waals surface area contributed by atoms with E-state index in [1.165, 1.54) is 28.7 Å². The van der Waals surface area contributed by atoms with Crippen LogP contribution in [-0.4, -0.2) is 5.78 Å². The number of hydrogen-bond donors (Lipinski definition) is 0. The molecule has 96 valence electrons. The summed E-state index contributed by atoms with van der Waals surface area (Å²) in [7, 11) is 0. The highest BCUT2D eigenvalue weighted by Crippen LogP contribution is 2.52. The Labute approximate surface area is 110 Å². The zero-order valence-electron chi connectivity index (χ0n) is 12.1. The van der Waals surface area contributed by atoms with Crippen molar-refractivity contribution in [2.75, 3.05) is 0 Å². The van der Waals surface area contributed by atoms with Crippen LogP contribution in [0.2, 0.25) is 0 Å². The summed E-state index contributed by atoms with van der Waals surface area (Å²) in [6.07, 6.45) is 2.85. The van der Waals surface area contributed by atoms with Gasteiger partial charge in [-0.2, -0.15) is 0 Å². The highest BCUT2D eigenvalue weighted by atomic mass is 16.1. The SMILES string of the molecule is Cc1cc2c(c3c1C(=O)CC3)C(C)(C)CC2(C)C. The van der Waals surface area contributed by atoms with Gasteiger partial charge in [0.05, 0.1) is 0 Å². The Morgan fingerprint density at radius 1 is 1.06 bits per heavy atom. The molecule has 0 fully saturated rings. The minimum Gasteiger partial charge on any atom is -0.294 e. The van der Waals surface area contributed by atoms with Gasteiger partial charge in [0.2, 0.25) is 0 Å². The van der Waals surface area contributed by atoms with Crippen molar-refractivity contribution in [3.8, 4) is 0 Å². The molecule has 0 N–H and O–H groups in total. The van der Waals surface area contributed by atoms with Crippen molar-refractivity contribution in [3.05, 3.63) is 33.9 Å². The monoisotopic (exact) mass is 242 g/mol. The molecule has 0 bridgehead atoms. The minimum atomic E-state index is 0.210. The van der Waals surface area contributed by atoms with Crippen LogP contribution < -0.4 is 0 Å². The molecule has 1 heteroatoms. The van der Waals surface area contributed by atoms with Crippen LogP contribution in [0.25, 0.3) is 0 Å². The number of fused-ring (bicyclic) bond motifs is 3. The quantitative estimate of drug-likeness (QED) is 0.670. The van der Waals surface area contributed by atoms with E-state index in [9.17, 15) is 4.79 Å². The smallest absolute Gasteiger partial charge is 0.163 e. The third kappa shape index (κ3) is 1.36. The van der Waals surface area contributed by atoms with E-state index >= 15 is 0 Å². The maximum atomic E-state index is 12.1. The largest absolute Gasteiger partial charge is 0.294 e. The molecule has 0 spiro atoms. The standard InChI is InChI=1S/C17H22O/c1-10-8-12-15(11-6-7-13(18)14(10)11)17(4,5)9-16(12,2)3/h8H,6-7,9H2,1-5H3. The van der Waals surface area contributed by atoms with Gasteiger partial charge < -0.3 is 0 Å². The molecule has 0 aliphatic heterocycles. The van der Waals surface area contributed by atoms with Gasteiger partial charge in [-0.3, -0.25) is 4.79 Å². The molecule has 0 saturated heterocycles. The molecule has 0 atom stereocenters. The fraction of sp³-hybridized carbons (Fsp3) is 0.588. The number of carbonyl (C=O) groups excluding carboxylic acids is 1. The minimum absolute atomic E-state index is 0.210. The molecule has 2 aliphatic carbocycles. The van der Waals surface area contributed by atoms with Crippen molar-refractivity contribution in [2.24, 2.45) is 0 Å². The predicted octanol–water partition coefficient (Wildman–Crippen LogP) is 4.08. The third-order valence-electron chi connectivity index (χ3n) is 4.80. The van der Waals surface area contributed by atoms with Crippen LogP contribution in [-0.2, 0) is 17.3 Å². The van der Waals surface area contributed by atoms with Gasteiger partial charge in [0.1, 0.15) is 0 Å². The molecule has 2 aliphatic rings. The van der Waals surface area contributed by atoms with E-state index in [1.807, 2.05) is 0 Å². The van der Waals surface area contributed by atoms with Crippen LogP contribution in [0.3, 0.4) is 0 Å². The highest BCUT2D eigenvalue weighted by molar-refractivity contribution is 6.02. The van der Waals surface area contributed by atoms with Crippen molar-refractivity contribution >= 4 is 5.78 Å². The van der Waals surface area contributed by atoms with Gasteiger partial charge in [0.25, 0.3) is 0 Å². The summed E-state index contributed by atoms with van der Waals surface area (Å²) in [6.45, 7) is 11.4. The van der Waals surface area contributed by atoms with Crippen LogP contribution in [0, 0.1) is 6.92 Å². The molecular weight excluding hydrogens is 220 g/mol. The van der Waals surface area contributed by atoms with Gasteiger partial charge >= 0.3 is 0 Å². The van der Waals surface area contributed by atoms with Gasteiger partial charge in [-0.15, -0.1) is 0 Å². The van der Waals surface area contributed by atoms with E-state index in [-0.39, 0.29) is 10.8 Å². The summed E-state index contributed by atoms with van der Waals surface area (Å²) in [5.41, 5.74) is 7.02. The zero-order valence-corrected chi connectivity index (χ0v) is 12.1. The number of rotatable bonds is 0. The second-order valence-corrected chi connectivity index (χ2v) is 7.34. The number of hydrogen-bond acceptors (Lipinski definition) is 1. The fourth-order valence-corrected chi connectivity index (χ4v) is 4.48. The Balaban J connectivity index is 2.38. The number of carbonyl (C=O) groups is 1. The molecule has 0 aromatic heterocycles. The van der Waals surface area contributed by atoms with E-state index in [2.05, 4.69) is 40.7 Å². The number of Topliss-reactive ketones (excluding diaryl/α,β-unsaturated/α-hetero) is 1. The Morgan fingerprint density at radius 3 is 2.39 bits per heavy atom. The van der Waals surface area contributed by atoms with E-state index in [0.29, 0.717) is 12.2 Å². The third-order valence-corrected chi connectivity index (χ3v) is 4.80. The Kier molecular flexibility index (Phi) is 2.16. The first-order valence-electron chi connectivity index (χ1n) is 6.95. The first-order chi connectivity index (χ1) is 8.24. The van der Waals surface area contributed by atoms with Crippen LogP contribution in [0.4, 0.5) is 0 Å². The lowest BCUT2D eigenvalue weighted by Crippen LogP contribution is -2.18. The van der Waals surface area contributed by atoms with Gasteiger partial charge in [-0.1, -0.05) is 33.8 Å². The van der Waals surface area contributed by atoms with Crippen LogP contribution in [0.1, 0.15) is 73.1 Å². The van der Waals surface area contributed by atoms with Crippen molar-refractivity contribution < 1.29 is 4.79 Å². The Morgan fingerprint density at radius 2 is 1.72 bits per heavy atom. The Hall–Kier alpha value is -1.11. The molecule has 1 aromatic rings. The van der Waals surface area contributed by atoms with E-state index in [4.69, 9.17) is 0 Å². The second-order valence-electron chi connectivity index (χ2n) is 7.34.